The van der Waals surface area contributed by atoms with Crippen molar-refractivity contribution >= 4 is 0 Å². The van der Waals surface area contributed by atoms with Gasteiger partial charge in [0.1, 0.15) is 18.5 Å². The number of rotatable bonds is 5. The molecule has 2 rings (SSSR count). The molecule has 4 nitrogen and oxygen atoms in total. The Morgan fingerprint density at radius 1 is 1.26 bits per heavy atom. The monoisotopic (exact) mass is 265 g/mol. The molecule has 1 heterocycles. The molecule has 1 atom stereocenters. The van der Waals surface area contributed by atoms with E-state index in [4.69, 9.17) is 4.74 Å². The van der Waals surface area contributed by atoms with Crippen LogP contribution in [-0.4, -0.2) is 53.6 Å². The number of benzene rings is 1. The van der Waals surface area contributed by atoms with Crippen molar-refractivity contribution in [3.05, 3.63) is 29.8 Å². The van der Waals surface area contributed by atoms with Crippen LogP contribution in [0.25, 0.3) is 0 Å². The first-order valence-electron chi connectivity index (χ1n) is 6.91. The van der Waals surface area contributed by atoms with Gasteiger partial charge in [-0.05, 0) is 31.9 Å². The van der Waals surface area contributed by atoms with Crippen LogP contribution in [0.15, 0.2) is 24.3 Å². The van der Waals surface area contributed by atoms with Gasteiger partial charge in [0.15, 0.2) is 0 Å². The molecule has 0 unspecified atom stereocenters. The second-order valence-corrected chi connectivity index (χ2v) is 5.31. The van der Waals surface area contributed by atoms with Crippen LogP contribution < -0.4 is 4.74 Å². The summed E-state index contributed by atoms with van der Waals surface area (Å²) in [6.45, 7) is 4.65. The maximum Gasteiger partial charge on any atom is 0.119 e. The van der Waals surface area contributed by atoms with Crippen LogP contribution in [-0.2, 0) is 0 Å². The summed E-state index contributed by atoms with van der Waals surface area (Å²) in [4.78, 5) is 2.18. The predicted molar refractivity (Wildman–Crippen MR) is 74.4 cm³/mol. The smallest absolute Gasteiger partial charge is 0.119 e. The van der Waals surface area contributed by atoms with E-state index in [0.29, 0.717) is 13.2 Å². The van der Waals surface area contributed by atoms with Gasteiger partial charge in [-0.2, -0.15) is 0 Å². The zero-order valence-corrected chi connectivity index (χ0v) is 11.5. The summed E-state index contributed by atoms with van der Waals surface area (Å²) in [6.07, 6.45) is 0.936. The van der Waals surface area contributed by atoms with Crippen LogP contribution in [0, 0.1) is 6.92 Å². The number of ether oxygens (including phenoxy) is 1. The third-order valence-corrected chi connectivity index (χ3v) is 3.49. The molecular weight excluding hydrogens is 242 g/mol. The minimum atomic E-state index is -0.489. The van der Waals surface area contributed by atoms with E-state index in [-0.39, 0.29) is 6.10 Å². The molecule has 0 bridgehead atoms. The van der Waals surface area contributed by atoms with Gasteiger partial charge in [0.05, 0.1) is 6.10 Å². The van der Waals surface area contributed by atoms with Crippen LogP contribution in [0.1, 0.15) is 18.4 Å². The van der Waals surface area contributed by atoms with Crippen LogP contribution >= 0.6 is 0 Å². The van der Waals surface area contributed by atoms with Crippen LogP contribution in [0.2, 0.25) is 0 Å². The van der Waals surface area contributed by atoms with Crippen LogP contribution in [0.3, 0.4) is 0 Å². The van der Waals surface area contributed by atoms with E-state index in [9.17, 15) is 10.2 Å². The van der Waals surface area contributed by atoms with Crippen LogP contribution in [0.5, 0.6) is 5.75 Å². The standard InChI is InChI=1S/C15H23NO3/c1-12-2-4-15(5-3-12)19-11-14(18)10-16-8-6-13(17)7-9-16/h2-5,13-14,17-18H,6-11H2,1H3/t14-/m1/s1. The second kappa shape index (κ2) is 6.89. The van der Waals surface area contributed by atoms with Gasteiger partial charge < -0.3 is 19.8 Å². The quantitative estimate of drug-likeness (QED) is 0.840. The number of hydrogen-bond donors (Lipinski definition) is 2. The highest BCUT2D eigenvalue weighted by Crippen LogP contribution is 2.13. The second-order valence-electron chi connectivity index (χ2n) is 5.31. The Balaban J connectivity index is 1.69. The van der Waals surface area contributed by atoms with Crippen LogP contribution in [0.4, 0.5) is 0 Å². The van der Waals surface area contributed by atoms with Crippen molar-refractivity contribution in [3.8, 4) is 5.75 Å². The Morgan fingerprint density at radius 2 is 1.89 bits per heavy atom. The average molecular weight is 265 g/mol. The fraction of sp³-hybridized carbons (Fsp3) is 0.600. The van der Waals surface area contributed by atoms with E-state index in [2.05, 4.69) is 4.90 Å². The van der Waals surface area contributed by atoms with Gasteiger partial charge in [-0.15, -0.1) is 0 Å². The van der Waals surface area contributed by atoms with Gasteiger partial charge in [0, 0.05) is 19.6 Å². The molecule has 2 N–H and O–H groups in total. The molecular formula is C15H23NO3. The lowest BCUT2D eigenvalue weighted by atomic mass is 10.1. The summed E-state index contributed by atoms with van der Waals surface area (Å²) in [6, 6.07) is 7.82. The van der Waals surface area contributed by atoms with Crippen molar-refractivity contribution in [2.75, 3.05) is 26.2 Å². The molecule has 0 radical (unpaired) electrons. The van der Waals surface area contributed by atoms with Gasteiger partial charge >= 0.3 is 0 Å². The van der Waals surface area contributed by atoms with E-state index in [0.717, 1.165) is 31.7 Å². The number of aliphatic hydroxyl groups is 2. The number of β-amino-alcohol motifs (C(OH)–C–C–N with tert-alkyl or cyclic N) is 1. The van der Waals surface area contributed by atoms with Gasteiger partial charge in [-0.1, -0.05) is 17.7 Å². The normalized spacial score (nSPS) is 19.3. The van der Waals surface area contributed by atoms with E-state index < -0.39 is 6.10 Å². The lowest BCUT2D eigenvalue weighted by Gasteiger charge is -2.30. The maximum atomic E-state index is 9.95. The SMILES string of the molecule is Cc1ccc(OC[C@H](O)CN2CCC(O)CC2)cc1. The molecule has 0 saturated carbocycles. The van der Waals surface area contributed by atoms with Crippen molar-refractivity contribution in [1.29, 1.82) is 0 Å². The first-order valence-corrected chi connectivity index (χ1v) is 6.91. The van der Waals surface area contributed by atoms with E-state index in [1.165, 1.54) is 5.56 Å². The topological polar surface area (TPSA) is 52.9 Å². The molecule has 1 aromatic rings. The molecule has 106 valence electrons. The Bertz CT molecular complexity index is 371. The highest BCUT2D eigenvalue weighted by Gasteiger charge is 2.19. The molecule has 0 spiro atoms. The summed E-state index contributed by atoms with van der Waals surface area (Å²) in [5, 5.41) is 19.4. The molecule has 1 aliphatic rings. The molecule has 0 aliphatic carbocycles. The summed E-state index contributed by atoms with van der Waals surface area (Å²) in [5.74, 6) is 0.790. The van der Waals surface area contributed by atoms with Crippen molar-refractivity contribution < 1.29 is 14.9 Å². The number of piperidine rings is 1. The number of aliphatic hydroxyl groups excluding tert-OH is 2. The third kappa shape index (κ3) is 4.82. The molecule has 1 aromatic carbocycles. The molecule has 0 amide bonds. The molecule has 1 aliphatic heterocycles. The summed E-state index contributed by atoms with van der Waals surface area (Å²) < 4.78 is 5.56. The van der Waals surface area contributed by atoms with E-state index in [1.54, 1.807) is 0 Å². The fourth-order valence-electron chi connectivity index (χ4n) is 2.28. The minimum Gasteiger partial charge on any atom is -0.491 e. The fourth-order valence-corrected chi connectivity index (χ4v) is 2.28. The molecule has 1 fully saturated rings. The molecule has 0 aromatic heterocycles. The van der Waals surface area contributed by atoms with Gasteiger partial charge in [-0.3, -0.25) is 0 Å². The number of likely N-dealkylation sites (tertiary alicyclic amines) is 1. The van der Waals surface area contributed by atoms with Crippen molar-refractivity contribution in [3.63, 3.8) is 0 Å². The Morgan fingerprint density at radius 3 is 2.53 bits per heavy atom. The Labute approximate surface area is 114 Å². The summed E-state index contributed by atoms with van der Waals surface area (Å²) in [7, 11) is 0. The molecule has 4 heteroatoms. The third-order valence-electron chi connectivity index (χ3n) is 3.49. The van der Waals surface area contributed by atoms with Gasteiger partial charge in [0.25, 0.3) is 0 Å². The maximum absolute atomic E-state index is 9.95. The number of aryl methyl sites for hydroxylation is 1. The van der Waals surface area contributed by atoms with E-state index >= 15 is 0 Å². The number of hydrogen-bond acceptors (Lipinski definition) is 4. The largest absolute Gasteiger partial charge is 0.491 e. The summed E-state index contributed by atoms with van der Waals surface area (Å²) >= 11 is 0. The Hall–Kier alpha value is -1.10. The molecule has 1 saturated heterocycles. The first-order chi connectivity index (χ1) is 9.13. The van der Waals surface area contributed by atoms with Crippen molar-refractivity contribution in [1.82, 2.24) is 4.90 Å². The first kappa shape index (κ1) is 14.3. The lowest BCUT2D eigenvalue weighted by molar-refractivity contribution is 0.0337. The molecule has 19 heavy (non-hydrogen) atoms. The highest BCUT2D eigenvalue weighted by atomic mass is 16.5. The highest BCUT2D eigenvalue weighted by molar-refractivity contribution is 5.26. The number of nitrogens with zero attached hydrogens (tertiary/aromatic N) is 1. The van der Waals surface area contributed by atoms with Crippen molar-refractivity contribution in [2.45, 2.75) is 32.0 Å². The minimum absolute atomic E-state index is 0.169. The zero-order valence-electron chi connectivity index (χ0n) is 11.5. The average Bonchev–Trinajstić information content (AvgIpc) is 2.41. The zero-order chi connectivity index (χ0) is 13.7. The van der Waals surface area contributed by atoms with Gasteiger partial charge in [0.2, 0.25) is 0 Å². The van der Waals surface area contributed by atoms with Gasteiger partial charge in [-0.25, -0.2) is 0 Å². The summed E-state index contributed by atoms with van der Waals surface area (Å²) in [5.41, 5.74) is 1.19. The predicted octanol–water partition coefficient (Wildman–Crippen LogP) is 1.19. The lowest BCUT2D eigenvalue weighted by Crippen LogP contribution is -2.41. The Kier molecular flexibility index (Phi) is 5.19. The van der Waals surface area contributed by atoms with Crippen molar-refractivity contribution in [2.24, 2.45) is 0 Å². The van der Waals surface area contributed by atoms with E-state index in [1.807, 2.05) is 31.2 Å².